The van der Waals surface area contributed by atoms with E-state index in [-0.39, 0.29) is 5.75 Å². The number of hydrogen-bond acceptors (Lipinski definition) is 4. The first-order valence-electron chi connectivity index (χ1n) is 8.76. The van der Waals surface area contributed by atoms with E-state index in [9.17, 15) is 14.7 Å². The van der Waals surface area contributed by atoms with Gasteiger partial charge >= 0.3 is 11.8 Å². The smallest absolute Gasteiger partial charge is 0.313 e. The molecule has 0 radical (unpaired) electrons. The summed E-state index contributed by atoms with van der Waals surface area (Å²) in [6.45, 7) is 2.87. The van der Waals surface area contributed by atoms with Crippen LogP contribution in [0.2, 0.25) is 0 Å². The maximum Gasteiger partial charge on any atom is 0.313 e. The molecule has 2 heterocycles. The highest BCUT2D eigenvalue weighted by atomic mass is 16.3. The van der Waals surface area contributed by atoms with Gasteiger partial charge in [0.05, 0.1) is 0 Å². The van der Waals surface area contributed by atoms with E-state index in [4.69, 9.17) is 0 Å². The highest BCUT2D eigenvalue weighted by Crippen LogP contribution is 2.30. The van der Waals surface area contributed by atoms with E-state index < -0.39 is 11.8 Å². The van der Waals surface area contributed by atoms with Crippen LogP contribution in [0.4, 0.5) is 5.69 Å². The van der Waals surface area contributed by atoms with Crippen molar-refractivity contribution >= 4 is 17.5 Å². The van der Waals surface area contributed by atoms with Gasteiger partial charge in [-0.2, -0.15) is 0 Å². The van der Waals surface area contributed by atoms with Gasteiger partial charge in [0.15, 0.2) is 0 Å². The van der Waals surface area contributed by atoms with Gasteiger partial charge in [0.2, 0.25) is 0 Å². The molecule has 1 unspecified atom stereocenters. The number of amides is 2. The zero-order chi connectivity index (χ0) is 16.9. The molecule has 3 N–H and O–H groups in total. The van der Waals surface area contributed by atoms with Crippen LogP contribution >= 0.6 is 0 Å². The summed E-state index contributed by atoms with van der Waals surface area (Å²) in [5, 5.41) is 14.7. The summed E-state index contributed by atoms with van der Waals surface area (Å²) < 4.78 is 0. The molecule has 0 aromatic heterocycles. The lowest BCUT2D eigenvalue weighted by atomic mass is 9.83. The monoisotopic (exact) mass is 331 g/mol. The van der Waals surface area contributed by atoms with Crippen molar-refractivity contribution in [1.82, 2.24) is 10.2 Å². The predicted molar refractivity (Wildman–Crippen MR) is 91.7 cm³/mol. The summed E-state index contributed by atoms with van der Waals surface area (Å²) in [6, 6.07) is 6.71. The minimum absolute atomic E-state index is 0.0489. The molecule has 3 rings (SSSR count). The molecule has 2 amide bonds. The SMILES string of the molecule is O=C(NC[C@@H]1CCCN2CCCCC12)C(=O)Nc1cccc(O)c1. The van der Waals surface area contributed by atoms with Gasteiger partial charge in [-0.15, -0.1) is 0 Å². The molecule has 2 fully saturated rings. The van der Waals surface area contributed by atoms with Gasteiger partial charge in [0, 0.05) is 24.3 Å². The number of nitrogens with one attached hydrogen (secondary N) is 2. The number of carbonyl (C=O) groups is 2. The van der Waals surface area contributed by atoms with Gasteiger partial charge in [-0.05, 0) is 56.8 Å². The Morgan fingerprint density at radius 2 is 1.96 bits per heavy atom. The summed E-state index contributed by atoms with van der Waals surface area (Å²) in [4.78, 5) is 26.5. The van der Waals surface area contributed by atoms with Crippen LogP contribution in [0.15, 0.2) is 24.3 Å². The fraction of sp³-hybridized carbons (Fsp3) is 0.556. The molecule has 0 bridgehead atoms. The number of aromatic hydroxyl groups is 1. The second-order valence-corrected chi connectivity index (χ2v) is 6.72. The van der Waals surface area contributed by atoms with Crippen molar-refractivity contribution in [3.8, 4) is 5.75 Å². The van der Waals surface area contributed by atoms with Gasteiger partial charge in [-0.3, -0.25) is 9.59 Å². The van der Waals surface area contributed by atoms with Crippen LogP contribution < -0.4 is 10.6 Å². The number of benzene rings is 1. The zero-order valence-corrected chi connectivity index (χ0v) is 13.8. The second kappa shape index (κ2) is 7.66. The standard InChI is InChI=1S/C18H25N3O3/c22-15-7-3-6-14(11-15)20-18(24)17(23)19-12-13-5-4-10-21-9-2-1-8-16(13)21/h3,6-7,11,13,16,22H,1-2,4-5,8-10,12H2,(H,19,23)(H,20,24)/t13-,16?/m0/s1. The van der Waals surface area contributed by atoms with Crippen LogP contribution in [0.5, 0.6) is 5.75 Å². The number of rotatable bonds is 3. The topological polar surface area (TPSA) is 81.7 Å². The fourth-order valence-electron chi connectivity index (χ4n) is 3.89. The first-order valence-corrected chi connectivity index (χ1v) is 8.76. The number of carbonyl (C=O) groups excluding carboxylic acids is 2. The Morgan fingerprint density at radius 3 is 2.79 bits per heavy atom. The molecule has 1 aromatic carbocycles. The third kappa shape index (κ3) is 4.06. The molecule has 1 aromatic rings. The predicted octanol–water partition coefficient (Wildman–Crippen LogP) is 1.71. The van der Waals surface area contributed by atoms with Crippen molar-refractivity contribution in [2.45, 2.75) is 38.1 Å². The summed E-state index contributed by atoms with van der Waals surface area (Å²) >= 11 is 0. The highest BCUT2D eigenvalue weighted by molar-refractivity contribution is 6.39. The van der Waals surface area contributed by atoms with Crippen LogP contribution in [-0.2, 0) is 9.59 Å². The Balaban J connectivity index is 1.50. The molecule has 2 aliphatic rings. The lowest BCUT2D eigenvalue weighted by Gasteiger charge is -2.44. The number of anilines is 1. The third-order valence-corrected chi connectivity index (χ3v) is 5.06. The van der Waals surface area contributed by atoms with E-state index in [1.54, 1.807) is 12.1 Å². The quantitative estimate of drug-likeness (QED) is 0.737. The molecule has 0 saturated carbocycles. The number of piperidine rings is 2. The first-order chi connectivity index (χ1) is 11.6. The van der Waals surface area contributed by atoms with E-state index >= 15 is 0 Å². The Bertz CT molecular complexity index is 603. The van der Waals surface area contributed by atoms with Crippen molar-refractivity contribution < 1.29 is 14.7 Å². The largest absolute Gasteiger partial charge is 0.508 e. The Labute approximate surface area is 142 Å². The average Bonchev–Trinajstić information content (AvgIpc) is 2.59. The molecule has 130 valence electrons. The van der Waals surface area contributed by atoms with Gasteiger partial charge in [0.1, 0.15) is 5.75 Å². The number of phenols is 1. The first kappa shape index (κ1) is 16.8. The average molecular weight is 331 g/mol. The summed E-state index contributed by atoms with van der Waals surface area (Å²) in [6.07, 6.45) is 5.98. The normalized spacial score (nSPS) is 24.0. The van der Waals surface area contributed by atoms with E-state index in [0.717, 1.165) is 25.9 Å². The number of phenolic OH excluding ortho intramolecular Hbond substituents is 1. The Morgan fingerprint density at radius 1 is 1.12 bits per heavy atom. The van der Waals surface area contributed by atoms with Crippen LogP contribution in [0.25, 0.3) is 0 Å². The molecule has 2 atom stereocenters. The molecule has 2 saturated heterocycles. The lowest BCUT2D eigenvalue weighted by molar-refractivity contribution is -0.136. The zero-order valence-electron chi connectivity index (χ0n) is 13.8. The molecule has 0 spiro atoms. The summed E-state index contributed by atoms with van der Waals surface area (Å²) in [5.41, 5.74) is 0.409. The molecule has 24 heavy (non-hydrogen) atoms. The van der Waals surface area contributed by atoms with Gasteiger partial charge in [-0.1, -0.05) is 12.5 Å². The summed E-state index contributed by atoms with van der Waals surface area (Å²) in [5.74, 6) is -0.840. The van der Waals surface area contributed by atoms with Crippen molar-refractivity contribution in [1.29, 1.82) is 0 Å². The minimum atomic E-state index is -0.697. The second-order valence-electron chi connectivity index (χ2n) is 6.72. The maximum atomic E-state index is 12.0. The van der Waals surface area contributed by atoms with Crippen LogP contribution in [-0.4, -0.2) is 47.5 Å². The van der Waals surface area contributed by atoms with Crippen molar-refractivity contribution in [2.24, 2.45) is 5.92 Å². The molecule has 0 aliphatic carbocycles. The van der Waals surface area contributed by atoms with E-state index in [0.29, 0.717) is 24.2 Å². The summed E-state index contributed by atoms with van der Waals surface area (Å²) in [7, 11) is 0. The van der Waals surface area contributed by atoms with E-state index in [1.807, 2.05) is 0 Å². The van der Waals surface area contributed by atoms with Crippen LogP contribution in [0.3, 0.4) is 0 Å². The molecular formula is C18H25N3O3. The van der Waals surface area contributed by atoms with E-state index in [2.05, 4.69) is 15.5 Å². The number of hydrogen-bond donors (Lipinski definition) is 3. The van der Waals surface area contributed by atoms with Gasteiger partial charge in [0.25, 0.3) is 0 Å². The van der Waals surface area contributed by atoms with Crippen molar-refractivity contribution in [3.63, 3.8) is 0 Å². The molecule has 2 aliphatic heterocycles. The van der Waals surface area contributed by atoms with Gasteiger partial charge < -0.3 is 20.6 Å². The van der Waals surface area contributed by atoms with Crippen LogP contribution in [0, 0.1) is 5.92 Å². The van der Waals surface area contributed by atoms with Crippen LogP contribution in [0.1, 0.15) is 32.1 Å². The highest BCUT2D eigenvalue weighted by Gasteiger charge is 2.33. The Hall–Kier alpha value is -2.08. The van der Waals surface area contributed by atoms with Crippen molar-refractivity contribution in [2.75, 3.05) is 25.0 Å². The number of fused-ring (bicyclic) bond motifs is 1. The van der Waals surface area contributed by atoms with E-state index in [1.165, 1.54) is 31.4 Å². The fourth-order valence-corrected chi connectivity index (χ4v) is 3.89. The van der Waals surface area contributed by atoms with Gasteiger partial charge in [-0.25, -0.2) is 0 Å². The number of nitrogens with zero attached hydrogens (tertiary/aromatic N) is 1. The minimum Gasteiger partial charge on any atom is -0.508 e. The third-order valence-electron chi connectivity index (χ3n) is 5.06. The lowest BCUT2D eigenvalue weighted by Crippen LogP contribution is -2.51. The molecular weight excluding hydrogens is 306 g/mol. The van der Waals surface area contributed by atoms with Crippen molar-refractivity contribution in [3.05, 3.63) is 24.3 Å². The Kier molecular flexibility index (Phi) is 5.35. The maximum absolute atomic E-state index is 12.0. The molecule has 6 heteroatoms. The molecule has 6 nitrogen and oxygen atoms in total.